The molecule has 0 spiro atoms. The number of anilines is 1. The number of likely N-dealkylation sites (tertiary alicyclic amines) is 1. The van der Waals surface area contributed by atoms with E-state index in [1.54, 1.807) is 13.3 Å². The Kier molecular flexibility index (Phi) is 7.82. The molecule has 0 radical (unpaired) electrons. The molecule has 1 aromatic carbocycles. The molecule has 2 aliphatic heterocycles. The fourth-order valence-electron chi connectivity index (χ4n) is 4.71. The number of fused-ring (bicyclic) bond motifs is 1. The van der Waals surface area contributed by atoms with Crippen LogP contribution in [0.1, 0.15) is 49.5 Å². The molecule has 4 rings (SSSR count). The van der Waals surface area contributed by atoms with Crippen LogP contribution in [0.15, 0.2) is 52.1 Å². The lowest BCUT2D eigenvalue weighted by Crippen LogP contribution is -2.44. The van der Waals surface area contributed by atoms with Crippen molar-refractivity contribution >= 4 is 17.6 Å². The Morgan fingerprint density at radius 3 is 2.72 bits per heavy atom. The van der Waals surface area contributed by atoms with Gasteiger partial charge in [-0.25, -0.2) is 0 Å². The highest BCUT2D eigenvalue weighted by molar-refractivity contribution is 5.95. The van der Waals surface area contributed by atoms with E-state index in [-0.39, 0.29) is 11.9 Å². The van der Waals surface area contributed by atoms with Crippen LogP contribution in [0.2, 0.25) is 0 Å². The number of amides is 1. The predicted molar refractivity (Wildman–Crippen MR) is 128 cm³/mol. The molecule has 0 bridgehead atoms. The average Bonchev–Trinajstić information content (AvgIpc) is 3.51. The molecule has 3 heterocycles. The second-order valence-electron chi connectivity index (χ2n) is 8.54. The zero-order valence-electron chi connectivity index (χ0n) is 19.1. The number of piperidine rings is 1. The monoisotopic (exact) mass is 437 g/mol. The van der Waals surface area contributed by atoms with Crippen molar-refractivity contribution < 1.29 is 9.21 Å². The molecular weight excluding hydrogens is 402 g/mol. The van der Waals surface area contributed by atoms with Gasteiger partial charge in [-0.2, -0.15) is 0 Å². The van der Waals surface area contributed by atoms with E-state index >= 15 is 0 Å². The Morgan fingerprint density at radius 2 is 1.94 bits per heavy atom. The Labute approximate surface area is 190 Å². The molecule has 7 nitrogen and oxygen atoms in total. The van der Waals surface area contributed by atoms with Gasteiger partial charge in [0, 0.05) is 38.8 Å². The number of para-hydroxylation sites is 1. The molecular formula is C25H35N5O2. The minimum Gasteiger partial charge on any atom is -0.468 e. The van der Waals surface area contributed by atoms with Gasteiger partial charge in [0.25, 0.3) is 0 Å². The van der Waals surface area contributed by atoms with Crippen LogP contribution in [0.3, 0.4) is 0 Å². The maximum Gasteiger partial charge on any atom is 0.227 e. The minimum absolute atomic E-state index is 0.195. The summed E-state index contributed by atoms with van der Waals surface area (Å²) in [6.07, 6.45) is 7.77. The first-order chi connectivity index (χ1) is 15.8. The van der Waals surface area contributed by atoms with Gasteiger partial charge in [-0.3, -0.25) is 14.7 Å². The lowest BCUT2D eigenvalue weighted by Gasteiger charge is -2.33. The first kappa shape index (κ1) is 22.4. The summed E-state index contributed by atoms with van der Waals surface area (Å²) in [4.78, 5) is 21.5. The van der Waals surface area contributed by atoms with E-state index in [0.29, 0.717) is 13.0 Å². The summed E-state index contributed by atoms with van der Waals surface area (Å²) in [6.45, 7) is 4.42. The summed E-state index contributed by atoms with van der Waals surface area (Å²) in [5.41, 5.74) is 2.34. The first-order valence-corrected chi connectivity index (χ1v) is 11.9. The standard InChI is InChI=1S/C25H35N5O2/c1-26-25(28-19-22(23-11-8-18-32-23)29-15-5-2-6-16-29)27-14-7-12-24(31)30-17-13-20-9-3-4-10-21(20)30/h3-4,8-11,18,22H,2,5-7,12-17,19H2,1H3,(H2,26,27,28). The molecule has 7 heteroatoms. The van der Waals surface area contributed by atoms with Crippen LogP contribution in [-0.2, 0) is 11.2 Å². The maximum atomic E-state index is 12.7. The van der Waals surface area contributed by atoms with Crippen LogP contribution in [0.25, 0.3) is 0 Å². The number of nitrogens with zero attached hydrogens (tertiary/aromatic N) is 3. The molecule has 32 heavy (non-hydrogen) atoms. The molecule has 1 amide bonds. The van der Waals surface area contributed by atoms with Crippen molar-refractivity contribution in [3.63, 3.8) is 0 Å². The number of carbonyl (C=O) groups is 1. The Balaban J connectivity index is 1.22. The summed E-state index contributed by atoms with van der Waals surface area (Å²) < 4.78 is 5.73. The van der Waals surface area contributed by atoms with Gasteiger partial charge in [0.1, 0.15) is 5.76 Å². The number of benzene rings is 1. The number of hydrogen-bond donors (Lipinski definition) is 2. The average molecular weight is 438 g/mol. The molecule has 172 valence electrons. The highest BCUT2D eigenvalue weighted by Crippen LogP contribution is 2.28. The van der Waals surface area contributed by atoms with Crippen LogP contribution in [0.5, 0.6) is 0 Å². The maximum absolute atomic E-state index is 12.7. The highest BCUT2D eigenvalue weighted by Gasteiger charge is 2.25. The summed E-state index contributed by atoms with van der Waals surface area (Å²) in [5.74, 6) is 1.95. The molecule has 2 N–H and O–H groups in total. The van der Waals surface area contributed by atoms with Crippen molar-refractivity contribution in [3.05, 3.63) is 54.0 Å². The summed E-state index contributed by atoms with van der Waals surface area (Å²) in [5, 5.41) is 6.81. The van der Waals surface area contributed by atoms with Crippen molar-refractivity contribution in [1.82, 2.24) is 15.5 Å². The Bertz CT molecular complexity index is 889. The minimum atomic E-state index is 0.195. The van der Waals surface area contributed by atoms with Crippen LogP contribution < -0.4 is 15.5 Å². The Morgan fingerprint density at radius 1 is 1.09 bits per heavy atom. The van der Waals surface area contributed by atoms with Gasteiger partial charge in [0.15, 0.2) is 5.96 Å². The summed E-state index contributed by atoms with van der Waals surface area (Å²) >= 11 is 0. The van der Waals surface area contributed by atoms with Crippen LogP contribution >= 0.6 is 0 Å². The number of rotatable bonds is 8. The first-order valence-electron chi connectivity index (χ1n) is 11.9. The fourth-order valence-corrected chi connectivity index (χ4v) is 4.71. The van der Waals surface area contributed by atoms with Gasteiger partial charge >= 0.3 is 0 Å². The Hall–Kier alpha value is -2.80. The molecule has 1 unspecified atom stereocenters. The third kappa shape index (κ3) is 5.51. The van der Waals surface area contributed by atoms with Gasteiger partial charge < -0.3 is 20.0 Å². The van der Waals surface area contributed by atoms with Crippen LogP contribution in [0.4, 0.5) is 5.69 Å². The van der Waals surface area contributed by atoms with Crippen LogP contribution in [-0.4, -0.2) is 56.5 Å². The second kappa shape index (κ2) is 11.2. The second-order valence-corrected chi connectivity index (χ2v) is 8.54. The van der Waals surface area contributed by atoms with Crippen LogP contribution in [0, 0.1) is 0 Å². The molecule has 1 atom stereocenters. The molecule has 0 aliphatic carbocycles. The van der Waals surface area contributed by atoms with Gasteiger partial charge in [-0.05, 0) is 62.5 Å². The largest absolute Gasteiger partial charge is 0.468 e. The number of aliphatic imine (C=N–C) groups is 1. The number of furan rings is 1. The number of guanidine groups is 1. The normalized spacial score (nSPS) is 17.8. The summed E-state index contributed by atoms with van der Waals surface area (Å²) in [6, 6.07) is 12.4. The molecule has 1 saturated heterocycles. The van der Waals surface area contributed by atoms with E-state index in [9.17, 15) is 4.79 Å². The van der Waals surface area contributed by atoms with Gasteiger partial charge in [-0.15, -0.1) is 0 Å². The number of hydrogen-bond acceptors (Lipinski definition) is 4. The highest BCUT2D eigenvalue weighted by atomic mass is 16.3. The zero-order chi connectivity index (χ0) is 22.2. The summed E-state index contributed by atoms with van der Waals surface area (Å²) in [7, 11) is 1.78. The van der Waals surface area contributed by atoms with Crippen molar-refractivity contribution in [3.8, 4) is 0 Å². The van der Waals surface area contributed by atoms with Gasteiger partial charge in [0.2, 0.25) is 5.91 Å². The third-order valence-corrected chi connectivity index (χ3v) is 6.44. The third-order valence-electron chi connectivity index (χ3n) is 6.44. The van der Waals surface area contributed by atoms with E-state index in [1.165, 1.54) is 24.8 Å². The van der Waals surface area contributed by atoms with Crippen molar-refractivity contribution in [1.29, 1.82) is 0 Å². The molecule has 0 saturated carbocycles. The van der Waals surface area contributed by atoms with Gasteiger partial charge in [0.05, 0.1) is 12.3 Å². The SMILES string of the molecule is CN=C(NCCCC(=O)N1CCc2ccccc21)NCC(c1ccco1)N1CCCCC1. The topological polar surface area (TPSA) is 73.1 Å². The smallest absolute Gasteiger partial charge is 0.227 e. The molecule has 1 aromatic heterocycles. The zero-order valence-corrected chi connectivity index (χ0v) is 19.1. The van der Waals surface area contributed by atoms with Gasteiger partial charge in [-0.1, -0.05) is 24.6 Å². The van der Waals surface area contributed by atoms with E-state index in [2.05, 4.69) is 32.7 Å². The predicted octanol–water partition coefficient (Wildman–Crippen LogP) is 3.34. The molecule has 2 aliphatic rings. The molecule has 1 fully saturated rings. The van der Waals surface area contributed by atoms with E-state index < -0.39 is 0 Å². The van der Waals surface area contributed by atoms with E-state index in [0.717, 1.165) is 56.4 Å². The number of nitrogens with one attached hydrogen (secondary N) is 2. The van der Waals surface area contributed by atoms with E-state index in [1.807, 2.05) is 29.2 Å². The van der Waals surface area contributed by atoms with Crippen molar-refractivity contribution in [2.75, 3.05) is 44.7 Å². The number of carbonyl (C=O) groups excluding carboxylic acids is 1. The molecule has 2 aromatic rings. The van der Waals surface area contributed by atoms with Crippen molar-refractivity contribution in [2.24, 2.45) is 4.99 Å². The van der Waals surface area contributed by atoms with Crippen molar-refractivity contribution in [2.45, 2.75) is 44.6 Å². The lowest BCUT2D eigenvalue weighted by atomic mass is 10.1. The van der Waals surface area contributed by atoms with E-state index in [4.69, 9.17) is 4.42 Å². The quantitative estimate of drug-likeness (QED) is 0.376. The fraction of sp³-hybridized carbons (Fsp3) is 0.520. The lowest BCUT2D eigenvalue weighted by molar-refractivity contribution is -0.118.